The second-order valence-corrected chi connectivity index (χ2v) is 13.8. The molecule has 11 nitrogen and oxygen atoms in total. The minimum Gasteiger partial charge on any atom is -0.479 e. The molecule has 0 amide bonds. The van der Waals surface area contributed by atoms with Crippen LogP contribution in [0.2, 0.25) is 0 Å². The molecule has 0 radical (unpaired) electrons. The summed E-state index contributed by atoms with van der Waals surface area (Å²) in [4.78, 5) is 36.6. The molecule has 0 bridgehead atoms. The molecule has 1 rings (SSSR count). The molecule has 1 aliphatic heterocycles. The van der Waals surface area contributed by atoms with Crippen LogP contribution in [-0.2, 0) is 33.3 Å². The predicted octanol–water partition coefficient (Wildman–Crippen LogP) is 7.47. The predicted molar refractivity (Wildman–Crippen MR) is 197 cm³/mol. The van der Waals surface area contributed by atoms with Gasteiger partial charge in [0.2, 0.25) is 0 Å². The molecule has 6 unspecified atom stereocenters. The first-order chi connectivity index (χ1) is 24.7. The quantitative estimate of drug-likeness (QED) is 0.0308. The zero-order valence-electron chi connectivity index (χ0n) is 31.6. The first-order valence-corrected chi connectivity index (χ1v) is 19.9. The fourth-order valence-corrected chi connectivity index (χ4v) is 5.81. The number of unbranched alkanes of at least 4 members (excludes halogenated alkanes) is 17. The lowest BCUT2D eigenvalue weighted by Crippen LogP contribution is -2.60. The lowest BCUT2D eigenvalue weighted by atomic mass is 9.99. The van der Waals surface area contributed by atoms with Crippen molar-refractivity contribution in [2.24, 2.45) is 0 Å². The molecule has 0 saturated carbocycles. The Hall–Kier alpha value is -2.31. The molecule has 4 N–H and O–H groups in total. The van der Waals surface area contributed by atoms with E-state index in [1.54, 1.807) is 0 Å². The summed E-state index contributed by atoms with van der Waals surface area (Å²) >= 11 is 0. The number of carboxylic acids is 1. The van der Waals surface area contributed by atoms with Crippen LogP contribution < -0.4 is 0 Å². The first kappa shape index (κ1) is 46.7. The molecule has 1 heterocycles. The van der Waals surface area contributed by atoms with Crippen molar-refractivity contribution in [1.82, 2.24) is 0 Å². The average molecular weight is 727 g/mol. The number of ether oxygens (including phenoxy) is 4. The van der Waals surface area contributed by atoms with Crippen molar-refractivity contribution in [1.29, 1.82) is 0 Å². The van der Waals surface area contributed by atoms with Crippen molar-refractivity contribution >= 4 is 17.9 Å². The highest BCUT2D eigenvalue weighted by Crippen LogP contribution is 2.23. The second kappa shape index (κ2) is 31.2. The van der Waals surface area contributed by atoms with Crippen LogP contribution >= 0.6 is 0 Å². The van der Waals surface area contributed by atoms with E-state index in [0.29, 0.717) is 12.8 Å². The van der Waals surface area contributed by atoms with Gasteiger partial charge in [0.25, 0.3) is 0 Å². The molecule has 0 spiro atoms. The van der Waals surface area contributed by atoms with Crippen LogP contribution in [0.1, 0.15) is 162 Å². The number of carbonyl (C=O) groups is 3. The van der Waals surface area contributed by atoms with E-state index >= 15 is 0 Å². The third-order valence-electron chi connectivity index (χ3n) is 9.02. The van der Waals surface area contributed by atoms with Crippen LogP contribution in [0.15, 0.2) is 24.3 Å². The van der Waals surface area contributed by atoms with Crippen molar-refractivity contribution < 1.29 is 53.8 Å². The van der Waals surface area contributed by atoms with Gasteiger partial charge in [0.05, 0.1) is 6.61 Å². The van der Waals surface area contributed by atoms with E-state index in [1.165, 1.54) is 44.9 Å². The van der Waals surface area contributed by atoms with Crippen molar-refractivity contribution in [2.75, 3.05) is 13.2 Å². The number of hydrogen-bond acceptors (Lipinski definition) is 10. The minimum absolute atomic E-state index is 0.172. The first-order valence-electron chi connectivity index (χ1n) is 19.9. The van der Waals surface area contributed by atoms with E-state index < -0.39 is 61.3 Å². The van der Waals surface area contributed by atoms with Gasteiger partial charge in [0.15, 0.2) is 18.5 Å². The van der Waals surface area contributed by atoms with Gasteiger partial charge in [-0.15, -0.1) is 0 Å². The molecular weight excluding hydrogens is 656 g/mol. The minimum atomic E-state index is -1.86. The maximum absolute atomic E-state index is 12.7. The Morgan fingerprint density at radius 1 is 0.588 bits per heavy atom. The number of aliphatic hydroxyl groups is 3. The lowest BCUT2D eigenvalue weighted by molar-refractivity contribution is -0.298. The molecule has 0 aromatic carbocycles. The van der Waals surface area contributed by atoms with Crippen molar-refractivity contribution in [3.05, 3.63) is 24.3 Å². The zero-order valence-corrected chi connectivity index (χ0v) is 31.6. The highest BCUT2D eigenvalue weighted by molar-refractivity contribution is 5.73. The van der Waals surface area contributed by atoms with Gasteiger partial charge in [-0.2, -0.15) is 0 Å². The van der Waals surface area contributed by atoms with Crippen LogP contribution in [-0.4, -0.2) is 88.4 Å². The van der Waals surface area contributed by atoms with Gasteiger partial charge in [0.1, 0.15) is 24.9 Å². The Morgan fingerprint density at radius 2 is 1.04 bits per heavy atom. The molecule has 0 aliphatic carbocycles. The largest absolute Gasteiger partial charge is 0.479 e. The lowest BCUT2D eigenvalue weighted by Gasteiger charge is -2.38. The zero-order chi connectivity index (χ0) is 37.5. The summed E-state index contributed by atoms with van der Waals surface area (Å²) in [6.45, 7) is 3.73. The van der Waals surface area contributed by atoms with Gasteiger partial charge in [-0.3, -0.25) is 9.59 Å². The monoisotopic (exact) mass is 726 g/mol. The smallest absolute Gasteiger partial charge is 0.335 e. The SMILES string of the molecule is CCCCC/C=C\CCCCCCCC(=O)OC(COC(=O)CCCCCCC/C=C\CCCCCC)COC1OC(C(=O)O)C(O)C(O)C1O. The number of carboxylic acid groups (broad SMARTS) is 1. The summed E-state index contributed by atoms with van der Waals surface area (Å²) in [5.74, 6) is -2.47. The normalized spacial score (nSPS) is 21.3. The van der Waals surface area contributed by atoms with E-state index in [0.717, 1.165) is 77.0 Å². The summed E-state index contributed by atoms with van der Waals surface area (Å²) in [5, 5.41) is 39.6. The average Bonchev–Trinajstić information content (AvgIpc) is 3.11. The molecule has 296 valence electrons. The van der Waals surface area contributed by atoms with E-state index in [-0.39, 0.29) is 19.4 Å². The molecule has 1 fully saturated rings. The molecule has 51 heavy (non-hydrogen) atoms. The van der Waals surface area contributed by atoms with Crippen LogP contribution in [0.25, 0.3) is 0 Å². The number of carbonyl (C=O) groups excluding carboxylic acids is 2. The van der Waals surface area contributed by atoms with Gasteiger partial charge >= 0.3 is 17.9 Å². The maximum atomic E-state index is 12.7. The maximum Gasteiger partial charge on any atom is 0.335 e. The number of aliphatic carboxylic acids is 1. The molecule has 1 saturated heterocycles. The summed E-state index contributed by atoms with van der Waals surface area (Å²) in [6.07, 6.45) is 22.4. The summed E-state index contributed by atoms with van der Waals surface area (Å²) in [7, 11) is 0. The topological polar surface area (TPSA) is 169 Å². The molecule has 0 aromatic heterocycles. The van der Waals surface area contributed by atoms with Crippen LogP contribution in [0.3, 0.4) is 0 Å². The van der Waals surface area contributed by atoms with Gasteiger partial charge in [0, 0.05) is 12.8 Å². The second-order valence-electron chi connectivity index (χ2n) is 13.8. The summed E-state index contributed by atoms with van der Waals surface area (Å²) in [6, 6.07) is 0. The number of allylic oxidation sites excluding steroid dienone is 4. The highest BCUT2D eigenvalue weighted by Gasteiger charge is 2.47. The van der Waals surface area contributed by atoms with Gasteiger partial charge < -0.3 is 39.4 Å². The van der Waals surface area contributed by atoms with Gasteiger partial charge in [-0.1, -0.05) is 109 Å². The number of esters is 2. The number of rotatable bonds is 32. The molecule has 6 atom stereocenters. The Morgan fingerprint density at radius 3 is 1.57 bits per heavy atom. The highest BCUT2D eigenvalue weighted by atomic mass is 16.7. The van der Waals surface area contributed by atoms with Crippen molar-refractivity contribution in [3.8, 4) is 0 Å². The third-order valence-corrected chi connectivity index (χ3v) is 9.02. The van der Waals surface area contributed by atoms with Gasteiger partial charge in [-0.05, 0) is 64.2 Å². The van der Waals surface area contributed by atoms with Crippen LogP contribution in [0.5, 0.6) is 0 Å². The van der Waals surface area contributed by atoms with E-state index in [9.17, 15) is 34.8 Å². The molecular formula is C40H70O11. The van der Waals surface area contributed by atoms with Crippen molar-refractivity contribution in [3.63, 3.8) is 0 Å². The fraction of sp³-hybridized carbons (Fsp3) is 0.825. The van der Waals surface area contributed by atoms with Crippen molar-refractivity contribution in [2.45, 2.75) is 198 Å². The van der Waals surface area contributed by atoms with Crippen LogP contribution in [0.4, 0.5) is 0 Å². The fourth-order valence-electron chi connectivity index (χ4n) is 5.81. The Balaban J connectivity index is 2.45. The number of aliphatic hydroxyl groups excluding tert-OH is 3. The Bertz CT molecular complexity index is 953. The van der Waals surface area contributed by atoms with Crippen LogP contribution in [0, 0.1) is 0 Å². The molecule has 1 aliphatic rings. The van der Waals surface area contributed by atoms with Gasteiger partial charge in [-0.25, -0.2) is 4.79 Å². The summed E-state index contributed by atoms with van der Waals surface area (Å²) < 4.78 is 21.6. The molecule has 0 aromatic rings. The standard InChI is InChI=1S/C40H70O11/c1-3-5-7-9-11-13-15-17-19-20-22-24-26-28-33(41)48-30-32(31-49-40-37(45)35(43)36(44)38(51-40)39(46)47)50-34(42)29-27-25-23-21-18-16-14-12-10-8-6-4-2/h12-15,32,35-38,40,43-45H,3-11,16-31H2,1-2H3,(H,46,47)/b14-12-,15-13-. The third kappa shape index (κ3) is 23.8. The van der Waals surface area contributed by atoms with E-state index in [1.807, 2.05) is 0 Å². The Labute approximate surface area is 307 Å². The summed E-state index contributed by atoms with van der Waals surface area (Å²) in [5.41, 5.74) is 0. The van der Waals surface area contributed by atoms with E-state index in [2.05, 4.69) is 38.2 Å². The Kier molecular flexibility index (Phi) is 28.6. The molecule has 11 heteroatoms. The van der Waals surface area contributed by atoms with E-state index in [4.69, 9.17) is 18.9 Å². The number of hydrogen-bond donors (Lipinski definition) is 4.